The molecule has 1 N–H and O–H groups in total. The summed E-state index contributed by atoms with van der Waals surface area (Å²) >= 11 is 1.28. The number of amides is 1. The van der Waals surface area contributed by atoms with Crippen LogP contribution in [0.25, 0.3) is 0 Å². The molecule has 0 aliphatic heterocycles. The van der Waals surface area contributed by atoms with Crippen LogP contribution in [-0.2, 0) is 16.1 Å². The summed E-state index contributed by atoms with van der Waals surface area (Å²) in [5, 5.41) is 3.03. The van der Waals surface area contributed by atoms with Crippen molar-refractivity contribution in [1.82, 2.24) is 10.3 Å². The van der Waals surface area contributed by atoms with E-state index in [0.717, 1.165) is 17.0 Å². The molecule has 1 aromatic heterocycles. The number of nitrogens with zero attached hydrogens (tertiary/aromatic N) is 1. The minimum atomic E-state index is -0.382. The van der Waals surface area contributed by atoms with Crippen molar-refractivity contribution in [2.75, 3.05) is 7.11 Å². The van der Waals surface area contributed by atoms with Gasteiger partial charge in [-0.05, 0) is 38.5 Å². The van der Waals surface area contributed by atoms with Gasteiger partial charge in [-0.3, -0.25) is 4.79 Å². The van der Waals surface area contributed by atoms with Gasteiger partial charge in [0.15, 0.2) is 0 Å². The van der Waals surface area contributed by atoms with E-state index in [1.54, 1.807) is 31.2 Å². The normalized spacial score (nSPS) is 11.8. The number of aromatic nitrogens is 1. The molecular weight excluding hydrogens is 328 g/mol. The van der Waals surface area contributed by atoms with Gasteiger partial charge in [0.1, 0.15) is 5.76 Å². The largest absolute Gasteiger partial charge is 0.465 e. The van der Waals surface area contributed by atoms with Gasteiger partial charge in [-0.1, -0.05) is 23.9 Å². The first-order valence-corrected chi connectivity index (χ1v) is 8.34. The third kappa shape index (κ3) is 4.61. The topological polar surface area (TPSA) is 81.4 Å². The minimum Gasteiger partial charge on any atom is -0.465 e. The first kappa shape index (κ1) is 18.1. The lowest BCUT2D eigenvalue weighted by molar-refractivity contribution is -0.120. The van der Waals surface area contributed by atoms with Gasteiger partial charge in [0.05, 0.1) is 23.6 Å². The molecule has 1 atom stereocenters. The zero-order valence-corrected chi connectivity index (χ0v) is 14.9. The molecule has 0 aliphatic carbocycles. The predicted octanol–water partition coefficient (Wildman–Crippen LogP) is 2.88. The van der Waals surface area contributed by atoms with Gasteiger partial charge in [-0.25, -0.2) is 9.78 Å². The van der Waals surface area contributed by atoms with Gasteiger partial charge in [0.25, 0.3) is 5.22 Å². The Bertz CT molecular complexity index is 705. The van der Waals surface area contributed by atoms with Crippen LogP contribution in [0, 0.1) is 13.8 Å². The summed E-state index contributed by atoms with van der Waals surface area (Å²) in [6.45, 7) is 5.89. The summed E-state index contributed by atoms with van der Waals surface area (Å²) in [6, 6.07) is 6.91. The minimum absolute atomic E-state index is 0.106. The monoisotopic (exact) mass is 348 g/mol. The molecule has 2 aromatic rings. The Morgan fingerprint density at radius 1 is 1.29 bits per heavy atom. The van der Waals surface area contributed by atoms with Crippen LogP contribution in [0.3, 0.4) is 0 Å². The first-order chi connectivity index (χ1) is 11.4. The molecule has 1 unspecified atom stereocenters. The standard InChI is InChI=1S/C17H20N2O4S/c1-10-11(2)23-17(19-10)24-12(3)15(20)18-9-13-5-7-14(8-6-13)16(21)22-4/h5-8,12H,9H2,1-4H3,(H,18,20). The number of rotatable bonds is 6. The second-order valence-electron chi connectivity index (χ2n) is 5.29. The molecular formula is C17H20N2O4S. The lowest BCUT2D eigenvalue weighted by Gasteiger charge is -2.10. The molecule has 1 amide bonds. The fraction of sp³-hybridized carbons (Fsp3) is 0.353. The SMILES string of the molecule is COC(=O)c1ccc(CNC(=O)C(C)Sc2nc(C)c(C)o2)cc1. The Hall–Kier alpha value is -2.28. The second-order valence-corrected chi connectivity index (χ2v) is 6.58. The molecule has 0 aliphatic rings. The number of thioether (sulfide) groups is 1. The number of carbonyl (C=O) groups is 2. The smallest absolute Gasteiger partial charge is 0.337 e. The van der Waals surface area contributed by atoms with Gasteiger partial charge in [-0.15, -0.1) is 0 Å². The van der Waals surface area contributed by atoms with Crippen molar-refractivity contribution >= 4 is 23.6 Å². The molecule has 128 valence electrons. The van der Waals surface area contributed by atoms with E-state index in [0.29, 0.717) is 17.3 Å². The maximum atomic E-state index is 12.2. The molecule has 1 aromatic carbocycles. The Labute approximate surface area is 145 Å². The van der Waals surface area contributed by atoms with Gasteiger partial charge in [0.2, 0.25) is 5.91 Å². The van der Waals surface area contributed by atoms with Crippen LogP contribution in [0.5, 0.6) is 0 Å². The second kappa shape index (κ2) is 8.01. The molecule has 0 saturated heterocycles. The Morgan fingerprint density at radius 2 is 1.96 bits per heavy atom. The molecule has 0 fully saturated rings. The number of methoxy groups -OCH3 is 1. The third-order valence-corrected chi connectivity index (χ3v) is 4.44. The highest BCUT2D eigenvalue weighted by Gasteiger charge is 2.18. The molecule has 6 nitrogen and oxygen atoms in total. The van der Waals surface area contributed by atoms with Crippen molar-refractivity contribution in [2.24, 2.45) is 0 Å². The summed E-state index contributed by atoms with van der Waals surface area (Å²) in [6.07, 6.45) is 0. The van der Waals surface area contributed by atoms with Crippen LogP contribution in [0.1, 0.15) is 34.3 Å². The predicted molar refractivity (Wildman–Crippen MR) is 90.9 cm³/mol. The number of carbonyl (C=O) groups excluding carboxylic acids is 2. The van der Waals surface area contributed by atoms with Gasteiger partial charge >= 0.3 is 5.97 Å². The van der Waals surface area contributed by atoms with Crippen molar-refractivity contribution in [3.8, 4) is 0 Å². The van der Waals surface area contributed by atoms with E-state index in [-0.39, 0.29) is 17.1 Å². The Morgan fingerprint density at radius 3 is 2.50 bits per heavy atom. The first-order valence-electron chi connectivity index (χ1n) is 7.46. The molecule has 0 saturated carbocycles. The van der Waals surface area contributed by atoms with E-state index < -0.39 is 0 Å². The van der Waals surface area contributed by atoms with E-state index in [1.165, 1.54) is 18.9 Å². The van der Waals surface area contributed by atoms with Crippen LogP contribution in [-0.4, -0.2) is 29.2 Å². The molecule has 24 heavy (non-hydrogen) atoms. The Kier molecular flexibility index (Phi) is 6.03. The number of hydrogen-bond donors (Lipinski definition) is 1. The Balaban J connectivity index is 1.86. The number of esters is 1. The quantitative estimate of drug-likeness (QED) is 0.638. The molecule has 0 radical (unpaired) electrons. The van der Waals surface area contributed by atoms with Gasteiger partial charge in [0, 0.05) is 6.54 Å². The van der Waals surface area contributed by atoms with Gasteiger partial charge in [-0.2, -0.15) is 0 Å². The summed E-state index contributed by atoms with van der Waals surface area (Å²) in [5.41, 5.74) is 2.21. The van der Waals surface area contributed by atoms with Crippen LogP contribution in [0.2, 0.25) is 0 Å². The number of benzene rings is 1. The highest BCUT2D eigenvalue weighted by Crippen LogP contribution is 2.24. The van der Waals surface area contributed by atoms with Crippen molar-refractivity contribution < 1.29 is 18.7 Å². The summed E-state index contributed by atoms with van der Waals surface area (Å²) in [7, 11) is 1.34. The van der Waals surface area contributed by atoms with Crippen LogP contribution in [0.15, 0.2) is 33.9 Å². The molecule has 0 bridgehead atoms. The highest BCUT2D eigenvalue weighted by molar-refractivity contribution is 8.00. The molecule has 2 rings (SSSR count). The van der Waals surface area contributed by atoms with E-state index in [1.807, 2.05) is 13.8 Å². The summed E-state index contributed by atoms with van der Waals surface area (Å²) in [5.74, 6) is 0.272. The van der Waals surface area contributed by atoms with Crippen LogP contribution < -0.4 is 5.32 Å². The number of hydrogen-bond acceptors (Lipinski definition) is 6. The average Bonchev–Trinajstić information content (AvgIpc) is 2.89. The van der Waals surface area contributed by atoms with E-state index >= 15 is 0 Å². The summed E-state index contributed by atoms with van der Waals surface area (Å²) < 4.78 is 10.1. The van der Waals surface area contributed by atoms with Gasteiger partial charge < -0.3 is 14.5 Å². The fourth-order valence-electron chi connectivity index (χ4n) is 1.91. The molecule has 7 heteroatoms. The van der Waals surface area contributed by atoms with E-state index in [4.69, 9.17) is 4.42 Å². The lowest BCUT2D eigenvalue weighted by atomic mass is 10.1. The maximum absolute atomic E-state index is 12.2. The van der Waals surface area contributed by atoms with Crippen molar-refractivity contribution in [3.05, 3.63) is 46.8 Å². The average molecular weight is 348 g/mol. The number of oxazole rings is 1. The van der Waals surface area contributed by atoms with Crippen molar-refractivity contribution in [3.63, 3.8) is 0 Å². The number of ether oxygens (including phenoxy) is 1. The van der Waals surface area contributed by atoms with Crippen molar-refractivity contribution in [2.45, 2.75) is 37.8 Å². The highest BCUT2D eigenvalue weighted by atomic mass is 32.2. The van der Waals surface area contributed by atoms with Crippen LogP contribution >= 0.6 is 11.8 Å². The molecule has 0 spiro atoms. The maximum Gasteiger partial charge on any atom is 0.337 e. The zero-order chi connectivity index (χ0) is 17.7. The van der Waals surface area contributed by atoms with E-state index in [2.05, 4.69) is 15.0 Å². The number of aryl methyl sites for hydroxylation is 2. The fourth-order valence-corrected chi connectivity index (χ4v) is 2.76. The number of nitrogens with one attached hydrogen (secondary N) is 1. The third-order valence-electron chi connectivity index (χ3n) is 3.50. The van der Waals surface area contributed by atoms with E-state index in [9.17, 15) is 9.59 Å². The van der Waals surface area contributed by atoms with Crippen LogP contribution in [0.4, 0.5) is 0 Å². The van der Waals surface area contributed by atoms with Crippen molar-refractivity contribution in [1.29, 1.82) is 0 Å². The summed E-state index contributed by atoms with van der Waals surface area (Å²) in [4.78, 5) is 27.8. The zero-order valence-electron chi connectivity index (χ0n) is 14.1. The molecule has 1 heterocycles. The lowest BCUT2D eigenvalue weighted by Crippen LogP contribution is -2.30.